The van der Waals surface area contributed by atoms with Gasteiger partial charge in [-0.1, -0.05) is 23.8 Å². The van der Waals surface area contributed by atoms with Crippen molar-refractivity contribution in [1.29, 1.82) is 0 Å². The van der Waals surface area contributed by atoms with Crippen LogP contribution in [-0.2, 0) is 7.05 Å². The number of benzene rings is 1. The van der Waals surface area contributed by atoms with Crippen molar-refractivity contribution in [3.8, 4) is 10.6 Å². The van der Waals surface area contributed by atoms with Crippen LogP contribution >= 0.6 is 23.7 Å². The number of nitrogens with one attached hydrogen (secondary N) is 1. The van der Waals surface area contributed by atoms with E-state index in [0.717, 1.165) is 22.9 Å². The van der Waals surface area contributed by atoms with Crippen molar-refractivity contribution in [2.45, 2.75) is 19.9 Å². The molecular formula is C20H24ClN5OS. The maximum absolute atomic E-state index is 13.2. The van der Waals surface area contributed by atoms with E-state index in [1.54, 1.807) is 6.20 Å². The Labute approximate surface area is 175 Å². The quantitative estimate of drug-likeness (QED) is 0.709. The Hall–Kier alpha value is -2.22. The van der Waals surface area contributed by atoms with Crippen molar-refractivity contribution in [1.82, 2.24) is 24.8 Å². The number of aryl methyl sites for hydroxylation is 3. The van der Waals surface area contributed by atoms with E-state index in [-0.39, 0.29) is 24.4 Å². The minimum atomic E-state index is -0.0856. The molecule has 0 radical (unpaired) electrons. The number of aromatic nitrogens is 3. The van der Waals surface area contributed by atoms with Gasteiger partial charge in [0.2, 0.25) is 0 Å². The number of carbonyl (C=O) groups excluding carboxylic acids is 1. The molecule has 1 amide bonds. The number of rotatable bonds is 3. The van der Waals surface area contributed by atoms with Crippen LogP contribution in [0.4, 0.5) is 0 Å². The summed E-state index contributed by atoms with van der Waals surface area (Å²) in [6.07, 6.45) is 3.68. The molecule has 6 nitrogen and oxygen atoms in total. The van der Waals surface area contributed by atoms with E-state index < -0.39 is 0 Å². The lowest BCUT2D eigenvalue weighted by Crippen LogP contribution is -2.49. The molecule has 0 bridgehead atoms. The van der Waals surface area contributed by atoms with E-state index in [9.17, 15) is 4.79 Å². The molecule has 1 unspecified atom stereocenters. The molecule has 1 fully saturated rings. The molecule has 1 saturated heterocycles. The SMILES string of the molecule is Cc1ccc(-c2nc(C(=O)N3CCNCC3c3nccn3C)cs2)c(C)c1.Cl. The van der Waals surface area contributed by atoms with Gasteiger partial charge in [-0.05, 0) is 19.4 Å². The number of carbonyl (C=O) groups is 1. The molecule has 148 valence electrons. The van der Waals surface area contributed by atoms with Crippen LogP contribution in [0.3, 0.4) is 0 Å². The van der Waals surface area contributed by atoms with Crippen molar-refractivity contribution in [2.24, 2.45) is 7.05 Å². The standard InChI is InChI=1S/C20H23N5OS.ClH/c1-13-4-5-15(14(2)10-13)19-23-16(12-27-19)20(26)25-9-6-21-11-17(25)18-22-7-8-24(18)3;/h4-5,7-8,10,12,17,21H,6,9,11H2,1-3H3;1H. The van der Waals surface area contributed by atoms with E-state index in [4.69, 9.17) is 0 Å². The van der Waals surface area contributed by atoms with Gasteiger partial charge < -0.3 is 14.8 Å². The monoisotopic (exact) mass is 417 g/mol. The third-order valence-corrected chi connectivity index (χ3v) is 5.87. The van der Waals surface area contributed by atoms with Gasteiger partial charge >= 0.3 is 0 Å². The number of amides is 1. The second-order valence-electron chi connectivity index (χ2n) is 6.97. The highest BCUT2D eigenvalue weighted by molar-refractivity contribution is 7.13. The third kappa shape index (κ3) is 3.83. The molecule has 0 saturated carbocycles. The highest BCUT2D eigenvalue weighted by Gasteiger charge is 2.32. The van der Waals surface area contributed by atoms with Crippen LogP contribution in [0.25, 0.3) is 10.6 Å². The minimum absolute atomic E-state index is 0. The van der Waals surface area contributed by atoms with Gasteiger partial charge in [0.05, 0.1) is 0 Å². The summed E-state index contributed by atoms with van der Waals surface area (Å²) in [6.45, 7) is 6.28. The van der Waals surface area contributed by atoms with Crippen molar-refractivity contribution in [2.75, 3.05) is 19.6 Å². The van der Waals surface area contributed by atoms with Crippen LogP contribution in [0.1, 0.15) is 33.5 Å². The smallest absolute Gasteiger partial charge is 0.274 e. The Morgan fingerprint density at radius 2 is 2.14 bits per heavy atom. The van der Waals surface area contributed by atoms with Crippen LogP contribution in [-0.4, -0.2) is 45.0 Å². The molecular weight excluding hydrogens is 394 g/mol. The molecule has 3 aromatic rings. The van der Waals surface area contributed by atoms with Gasteiger partial charge in [0.25, 0.3) is 5.91 Å². The first-order valence-electron chi connectivity index (χ1n) is 9.06. The summed E-state index contributed by atoms with van der Waals surface area (Å²) >= 11 is 1.52. The van der Waals surface area contributed by atoms with E-state index in [1.165, 1.54) is 22.5 Å². The molecule has 4 rings (SSSR count). The topological polar surface area (TPSA) is 63.1 Å². The number of imidazole rings is 1. The molecule has 1 N–H and O–H groups in total. The number of hydrogen-bond acceptors (Lipinski definition) is 5. The van der Waals surface area contributed by atoms with E-state index in [2.05, 4.69) is 47.3 Å². The van der Waals surface area contributed by atoms with Gasteiger partial charge in [0.15, 0.2) is 0 Å². The van der Waals surface area contributed by atoms with E-state index >= 15 is 0 Å². The summed E-state index contributed by atoms with van der Waals surface area (Å²) in [4.78, 5) is 24.2. The largest absolute Gasteiger partial charge is 0.336 e. The number of halogens is 1. The van der Waals surface area contributed by atoms with Gasteiger partial charge in [-0.3, -0.25) is 4.79 Å². The first-order chi connectivity index (χ1) is 13.0. The summed E-state index contributed by atoms with van der Waals surface area (Å²) in [7, 11) is 1.96. The summed E-state index contributed by atoms with van der Waals surface area (Å²) in [5.41, 5.74) is 4.00. The fourth-order valence-electron chi connectivity index (χ4n) is 3.57. The average molecular weight is 418 g/mol. The molecule has 0 aliphatic carbocycles. The van der Waals surface area contributed by atoms with Crippen LogP contribution < -0.4 is 5.32 Å². The van der Waals surface area contributed by atoms with Crippen LogP contribution in [0.15, 0.2) is 36.0 Å². The Morgan fingerprint density at radius 3 is 2.86 bits per heavy atom. The van der Waals surface area contributed by atoms with Gasteiger partial charge in [0.1, 0.15) is 22.6 Å². The molecule has 28 heavy (non-hydrogen) atoms. The van der Waals surface area contributed by atoms with Crippen molar-refractivity contribution in [3.05, 3.63) is 58.6 Å². The van der Waals surface area contributed by atoms with E-state index in [1.807, 2.05) is 28.1 Å². The minimum Gasteiger partial charge on any atom is -0.336 e. The zero-order valence-corrected chi connectivity index (χ0v) is 17.8. The van der Waals surface area contributed by atoms with Crippen molar-refractivity contribution in [3.63, 3.8) is 0 Å². The van der Waals surface area contributed by atoms with Gasteiger partial charge in [-0.15, -0.1) is 23.7 Å². The number of nitrogens with zero attached hydrogens (tertiary/aromatic N) is 4. The Bertz CT molecular complexity index is 983. The van der Waals surface area contributed by atoms with Crippen molar-refractivity contribution >= 4 is 29.7 Å². The third-order valence-electron chi connectivity index (χ3n) is 5.00. The molecule has 1 aliphatic heterocycles. The van der Waals surface area contributed by atoms with Crippen LogP contribution in [0.5, 0.6) is 0 Å². The molecule has 8 heteroatoms. The van der Waals surface area contributed by atoms with Crippen LogP contribution in [0.2, 0.25) is 0 Å². The maximum atomic E-state index is 13.2. The summed E-state index contributed by atoms with van der Waals surface area (Å²) in [5, 5.41) is 6.12. The lowest BCUT2D eigenvalue weighted by Gasteiger charge is -2.35. The molecule has 2 aromatic heterocycles. The predicted molar refractivity (Wildman–Crippen MR) is 114 cm³/mol. The highest BCUT2D eigenvalue weighted by atomic mass is 35.5. The normalized spacial score (nSPS) is 16.7. The number of thiazole rings is 1. The molecule has 3 heterocycles. The predicted octanol–water partition coefficient (Wildman–Crippen LogP) is 3.37. The first-order valence-corrected chi connectivity index (χ1v) is 9.94. The average Bonchev–Trinajstić information content (AvgIpc) is 3.30. The lowest BCUT2D eigenvalue weighted by molar-refractivity contribution is 0.0615. The second kappa shape index (κ2) is 8.43. The number of hydrogen-bond donors (Lipinski definition) is 1. The summed E-state index contributed by atoms with van der Waals surface area (Å²) in [5.74, 6) is 0.858. The maximum Gasteiger partial charge on any atom is 0.274 e. The fourth-order valence-corrected chi connectivity index (χ4v) is 4.46. The fraction of sp³-hybridized carbons (Fsp3) is 0.350. The zero-order chi connectivity index (χ0) is 19.0. The zero-order valence-electron chi connectivity index (χ0n) is 16.2. The highest BCUT2D eigenvalue weighted by Crippen LogP contribution is 2.29. The Balaban J connectivity index is 0.00000225. The van der Waals surface area contributed by atoms with Gasteiger partial charge in [-0.25, -0.2) is 9.97 Å². The molecule has 0 spiro atoms. The summed E-state index contributed by atoms with van der Waals surface area (Å²) in [6, 6.07) is 6.22. The second-order valence-corrected chi connectivity index (χ2v) is 7.83. The lowest BCUT2D eigenvalue weighted by atomic mass is 10.1. The van der Waals surface area contributed by atoms with Crippen molar-refractivity contribution < 1.29 is 4.79 Å². The summed E-state index contributed by atoms with van der Waals surface area (Å²) < 4.78 is 1.97. The molecule has 1 aromatic carbocycles. The molecule has 1 atom stereocenters. The Morgan fingerprint density at radius 1 is 1.32 bits per heavy atom. The number of piperazine rings is 1. The Kier molecular flexibility index (Phi) is 6.17. The van der Waals surface area contributed by atoms with Gasteiger partial charge in [0, 0.05) is 50.0 Å². The molecule has 1 aliphatic rings. The van der Waals surface area contributed by atoms with Gasteiger partial charge in [-0.2, -0.15) is 0 Å². The van der Waals surface area contributed by atoms with E-state index in [0.29, 0.717) is 18.8 Å². The van der Waals surface area contributed by atoms with Crippen LogP contribution in [0, 0.1) is 13.8 Å². The first kappa shape index (κ1) is 20.5.